The Bertz CT molecular complexity index is 452. The maximum Gasteiger partial charge on any atom is 0.413 e. The Morgan fingerprint density at radius 3 is 2.56 bits per heavy atom. The number of amides is 1. The number of esters is 1. The molecule has 0 aliphatic carbocycles. The van der Waals surface area contributed by atoms with Crippen molar-refractivity contribution < 1.29 is 19.1 Å². The Hall–Kier alpha value is -2.11. The first kappa shape index (κ1) is 14.0. The van der Waals surface area contributed by atoms with E-state index in [1.54, 1.807) is 26.8 Å². The lowest BCUT2D eigenvalue weighted by atomic mass is 10.2. The number of ether oxygens (including phenoxy) is 2. The topological polar surface area (TPSA) is 77.5 Å². The first-order valence-electron chi connectivity index (χ1n) is 5.37. The molecule has 0 aliphatic heterocycles. The number of hydrogen-bond acceptors (Lipinski definition) is 5. The summed E-state index contributed by atoms with van der Waals surface area (Å²) < 4.78 is 9.66. The molecule has 6 heteroatoms. The first-order chi connectivity index (χ1) is 8.33. The second kappa shape index (κ2) is 5.48. The molecule has 0 spiro atoms. The average molecular weight is 252 g/mol. The van der Waals surface area contributed by atoms with E-state index in [0.717, 1.165) is 0 Å². The molecule has 0 bridgehead atoms. The van der Waals surface area contributed by atoms with Gasteiger partial charge in [-0.15, -0.1) is 0 Å². The van der Waals surface area contributed by atoms with Gasteiger partial charge in [-0.3, -0.25) is 5.32 Å². The fraction of sp³-hybridized carbons (Fsp3) is 0.417. The Kier molecular flexibility index (Phi) is 4.25. The largest absolute Gasteiger partial charge is 0.465 e. The predicted octanol–water partition coefficient (Wildman–Crippen LogP) is 2.22. The van der Waals surface area contributed by atoms with E-state index in [-0.39, 0.29) is 11.4 Å². The quantitative estimate of drug-likeness (QED) is 0.816. The van der Waals surface area contributed by atoms with Crippen molar-refractivity contribution in [2.24, 2.45) is 0 Å². The minimum Gasteiger partial charge on any atom is -0.465 e. The number of anilines is 1. The van der Waals surface area contributed by atoms with Gasteiger partial charge in [0, 0.05) is 6.20 Å². The summed E-state index contributed by atoms with van der Waals surface area (Å²) in [5, 5.41) is 2.41. The number of rotatable bonds is 2. The molecule has 18 heavy (non-hydrogen) atoms. The van der Waals surface area contributed by atoms with Crippen molar-refractivity contribution in [1.82, 2.24) is 4.98 Å². The number of hydrogen-bond donors (Lipinski definition) is 1. The van der Waals surface area contributed by atoms with Crippen molar-refractivity contribution in [3.05, 3.63) is 23.9 Å². The zero-order chi connectivity index (χ0) is 13.8. The third-order valence-corrected chi connectivity index (χ3v) is 1.83. The van der Waals surface area contributed by atoms with Gasteiger partial charge in [0.2, 0.25) is 0 Å². The Labute approximate surface area is 105 Å². The van der Waals surface area contributed by atoms with Gasteiger partial charge in [-0.25, -0.2) is 14.6 Å². The van der Waals surface area contributed by atoms with E-state index in [1.165, 1.54) is 19.4 Å². The van der Waals surface area contributed by atoms with Gasteiger partial charge in [0.15, 0.2) is 0 Å². The van der Waals surface area contributed by atoms with Gasteiger partial charge in [-0.2, -0.15) is 0 Å². The van der Waals surface area contributed by atoms with Gasteiger partial charge in [-0.05, 0) is 32.9 Å². The Balaban J connectivity index is 2.85. The highest BCUT2D eigenvalue weighted by molar-refractivity contribution is 5.98. The van der Waals surface area contributed by atoms with Crippen molar-refractivity contribution >= 4 is 17.9 Å². The van der Waals surface area contributed by atoms with Gasteiger partial charge >= 0.3 is 12.1 Å². The van der Waals surface area contributed by atoms with Crippen molar-refractivity contribution in [3.8, 4) is 0 Å². The van der Waals surface area contributed by atoms with Crippen LogP contribution in [-0.4, -0.2) is 29.8 Å². The normalized spacial score (nSPS) is 10.7. The molecule has 0 saturated carbocycles. The van der Waals surface area contributed by atoms with Crippen LogP contribution in [0, 0.1) is 0 Å². The molecule has 1 aromatic rings. The van der Waals surface area contributed by atoms with Crippen LogP contribution in [0.4, 0.5) is 10.6 Å². The fourth-order valence-electron chi connectivity index (χ4n) is 1.18. The number of pyridine rings is 1. The molecule has 1 amide bonds. The Morgan fingerprint density at radius 2 is 2.00 bits per heavy atom. The summed E-state index contributed by atoms with van der Waals surface area (Å²) in [5.41, 5.74) is -0.449. The summed E-state index contributed by atoms with van der Waals surface area (Å²) in [6.45, 7) is 5.23. The second-order valence-electron chi connectivity index (χ2n) is 4.52. The lowest BCUT2D eigenvalue weighted by Gasteiger charge is -2.19. The molecule has 98 valence electrons. The van der Waals surface area contributed by atoms with Crippen LogP contribution in [0.1, 0.15) is 31.1 Å². The molecule has 0 aliphatic rings. The zero-order valence-corrected chi connectivity index (χ0v) is 10.8. The number of nitrogens with one attached hydrogen (secondary N) is 1. The number of aromatic nitrogens is 1. The summed E-state index contributed by atoms with van der Waals surface area (Å²) in [7, 11) is 1.26. The third kappa shape index (κ3) is 4.04. The molecule has 0 radical (unpaired) electrons. The highest BCUT2D eigenvalue weighted by Gasteiger charge is 2.19. The molecular weight excluding hydrogens is 236 g/mol. The van der Waals surface area contributed by atoms with Crippen molar-refractivity contribution in [2.75, 3.05) is 12.4 Å². The van der Waals surface area contributed by atoms with Gasteiger partial charge in [0.05, 0.1) is 7.11 Å². The van der Waals surface area contributed by atoms with Gasteiger partial charge < -0.3 is 9.47 Å². The Morgan fingerprint density at radius 1 is 1.33 bits per heavy atom. The SMILES string of the molecule is COC(=O)c1cccnc1NC(=O)OC(C)(C)C. The van der Waals surface area contributed by atoms with E-state index in [1.807, 2.05) is 0 Å². The second-order valence-corrected chi connectivity index (χ2v) is 4.52. The number of methoxy groups -OCH3 is 1. The van der Waals surface area contributed by atoms with E-state index in [4.69, 9.17) is 4.74 Å². The lowest BCUT2D eigenvalue weighted by Crippen LogP contribution is -2.28. The fourth-order valence-corrected chi connectivity index (χ4v) is 1.18. The van der Waals surface area contributed by atoms with Crippen molar-refractivity contribution in [2.45, 2.75) is 26.4 Å². The monoisotopic (exact) mass is 252 g/mol. The average Bonchev–Trinajstić information content (AvgIpc) is 2.26. The molecule has 0 unspecified atom stereocenters. The maximum atomic E-state index is 11.6. The standard InChI is InChI=1S/C12H16N2O4/c1-12(2,3)18-11(16)14-9-8(10(15)17-4)6-5-7-13-9/h5-7H,1-4H3,(H,13,14,16). The van der Waals surface area contributed by atoms with Crippen LogP contribution in [0.3, 0.4) is 0 Å². The van der Waals surface area contributed by atoms with E-state index < -0.39 is 17.7 Å². The number of carbonyl (C=O) groups is 2. The summed E-state index contributed by atoms with van der Waals surface area (Å²) in [4.78, 5) is 26.9. The lowest BCUT2D eigenvalue weighted by molar-refractivity contribution is 0.0601. The van der Waals surface area contributed by atoms with Crippen LogP contribution in [0.5, 0.6) is 0 Å². The van der Waals surface area contributed by atoms with E-state index >= 15 is 0 Å². The highest BCUT2D eigenvalue weighted by atomic mass is 16.6. The van der Waals surface area contributed by atoms with E-state index in [2.05, 4.69) is 15.0 Å². The third-order valence-electron chi connectivity index (χ3n) is 1.83. The molecule has 0 fully saturated rings. The maximum absolute atomic E-state index is 11.6. The van der Waals surface area contributed by atoms with Crippen LogP contribution in [0.15, 0.2) is 18.3 Å². The molecule has 0 saturated heterocycles. The number of carbonyl (C=O) groups excluding carboxylic acids is 2. The van der Waals surface area contributed by atoms with E-state index in [9.17, 15) is 9.59 Å². The zero-order valence-electron chi connectivity index (χ0n) is 10.8. The van der Waals surface area contributed by atoms with Crippen LogP contribution in [0.2, 0.25) is 0 Å². The first-order valence-corrected chi connectivity index (χ1v) is 5.37. The van der Waals surface area contributed by atoms with Crippen LogP contribution in [-0.2, 0) is 9.47 Å². The summed E-state index contributed by atoms with van der Waals surface area (Å²) in [5.74, 6) is -0.465. The molecular formula is C12H16N2O4. The predicted molar refractivity (Wildman–Crippen MR) is 65.4 cm³/mol. The van der Waals surface area contributed by atoms with Crippen LogP contribution < -0.4 is 5.32 Å². The van der Waals surface area contributed by atoms with Crippen LogP contribution in [0.25, 0.3) is 0 Å². The van der Waals surface area contributed by atoms with Crippen LogP contribution >= 0.6 is 0 Å². The van der Waals surface area contributed by atoms with Gasteiger partial charge in [0.1, 0.15) is 17.0 Å². The molecule has 1 N–H and O–H groups in total. The number of nitrogens with zero attached hydrogens (tertiary/aromatic N) is 1. The summed E-state index contributed by atoms with van der Waals surface area (Å²) in [6, 6.07) is 3.08. The van der Waals surface area contributed by atoms with Gasteiger partial charge in [-0.1, -0.05) is 0 Å². The molecule has 0 aromatic carbocycles. The molecule has 1 aromatic heterocycles. The molecule has 6 nitrogen and oxygen atoms in total. The smallest absolute Gasteiger partial charge is 0.413 e. The minimum absolute atomic E-state index is 0.110. The van der Waals surface area contributed by atoms with E-state index in [0.29, 0.717) is 0 Å². The summed E-state index contributed by atoms with van der Waals surface area (Å²) >= 11 is 0. The molecule has 1 rings (SSSR count). The minimum atomic E-state index is -0.675. The highest BCUT2D eigenvalue weighted by Crippen LogP contribution is 2.14. The van der Waals surface area contributed by atoms with Crippen molar-refractivity contribution in [1.29, 1.82) is 0 Å². The van der Waals surface area contributed by atoms with Crippen molar-refractivity contribution in [3.63, 3.8) is 0 Å². The molecule has 1 heterocycles. The summed E-state index contributed by atoms with van der Waals surface area (Å²) in [6.07, 6.45) is 0.783. The van der Waals surface area contributed by atoms with Gasteiger partial charge in [0.25, 0.3) is 0 Å². The molecule has 0 atom stereocenters.